The van der Waals surface area contributed by atoms with Crippen LogP contribution < -0.4 is 0 Å². The van der Waals surface area contributed by atoms with Gasteiger partial charge in [-0.25, -0.2) is 4.79 Å². The van der Waals surface area contributed by atoms with Crippen molar-refractivity contribution >= 4 is 29.5 Å². The number of ether oxygens (including phenoxy) is 3. The Labute approximate surface area is 134 Å². The predicted octanol–water partition coefficient (Wildman–Crippen LogP) is 0.960. The number of aliphatic hydroxyl groups is 1. The molecule has 0 aromatic heterocycles. The van der Waals surface area contributed by atoms with Crippen molar-refractivity contribution in [1.82, 2.24) is 0 Å². The van der Waals surface area contributed by atoms with Crippen LogP contribution in [-0.4, -0.2) is 53.8 Å². The summed E-state index contributed by atoms with van der Waals surface area (Å²) in [7, 11) is 0. The van der Waals surface area contributed by atoms with E-state index < -0.39 is 29.6 Å². The van der Waals surface area contributed by atoms with E-state index in [1.807, 2.05) is 0 Å². The van der Waals surface area contributed by atoms with Gasteiger partial charge in [-0.1, -0.05) is 6.58 Å². The number of carbonyl (C=O) groups is 3. The fraction of sp³-hybridized carbons (Fsp3) is 0.643. The van der Waals surface area contributed by atoms with Gasteiger partial charge in [-0.15, -0.1) is 11.6 Å². The molecule has 1 N–H and O–H groups in total. The van der Waals surface area contributed by atoms with Crippen LogP contribution in [0.3, 0.4) is 0 Å². The molecule has 0 aliphatic carbocycles. The van der Waals surface area contributed by atoms with Crippen molar-refractivity contribution in [1.29, 1.82) is 0 Å². The molecule has 0 amide bonds. The molecule has 0 rings (SSSR count). The summed E-state index contributed by atoms with van der Waals surface area (Å²) in [5.74, 6) is -1.79. The molecule has 126 valence electrons. The van der Waals surface area contributed by atoms with Gasteiger partial charge in [0, 0.05) is 6.08 Å². The van der Waals surface area contributed by atoms with Crippen molar-refractivity contribution in [3.63, 3.8) is 0 Å². The number of rotatable bonds is 10. The second-order valence-corrected chi connectivity index (χ2v) is 5.31. The highest BCUT2D eigenvalue weighted by atomic mass is 35.5. The van der Waals surface area contributed by atoms with E-state index in [0.29, 0.717) is 0 Å². The van der Waals surface area contributed by atoms with E-state index in [4.69, 9.17) is 21.1 Å². The molecule has 0 spiro atoms. The van der Waals surface area contributed by atoms with Crippen LogP contribution in [0.5, 0.6) is 0 Å². The Balaban J connectivity index is 3.88. The highest BCUT2D eigenvalue weighted by molar-refractivity contribution is 6.18. The van der Waals surface area contributed by atoms with E-state index in [1.165, 1.54) is 0 Å². The molecule has 0 aromatic carbocycles. The molecular weight excluding hydrogens is 316 g/mol. The largest absolute Gasteiger partial charge is 0.463 e. The Morgan fingerprint density at radius 3 is 2.27 bits per heavy atom. The quantitative estimate of drug-likeness (QED) is 0.274. The lowest BCUT2D eigenvalue weighted by atomic mass is 10.2. The van der Waals surface area contributed by atoms with E-state index in [0.717, 1.165) is 6.08 Å². The molecule has 0 aliphatic heterocycles. The number of esters is 3. The van der Waals surface area contributed by atoms with Gasteiger partial charge in [0.2, 0.25) is 0 Å². The number of carbonyl (C=O) groups excluding carboxylic acids is 3. The highest BCUT2D eigenvalue weighted by Gasteiger charge is 2.22. The third kappa shape index (κ3) is 10.2. The van der Waals surface area contributed by atoms with E-state index in [-0.39, 0.29) is 31.9 Å². The summed E-state index contributed by atoms with van der Waals surface area (Å²) >= 11 is 5.61. The first-order valence-corrected chi connectivity index (χ1v) is 7.14. The lowest BCUT2D eigenvalue weighted by molar-refractivity contribution is -0.159. The SMILES string of the molecule is C=CC(=O)OCC(O)COC(=O)CCC(=O)OC(C)(C)CCl. The summed E-state index contributed by atoms with van der Waals surface area (Å²) in [5.41, 5.74) is -0.798. The Bertz CT molecular complexity index is 406. The molecule has 0 fully saturated rings. The number of aliphatic hydroxyl groups excluding tert-OH is 1. The monoisotopic (exact) mass is 336 g/mol. The maximum Gasteiger partial charge on any atom is 0.330 e. The summed E-state index contributed by atoms with van der Waals surface area (Å²) in [6.07, 6.45) is -0.529. The van der Waals surface area contributed by atoms with Crippen LogP contribution in [-0.2, 0) is 28.6 Å². The average molecular weight is 337 g/mol. The molecule has 1 atom stereocenters. The summed E-state index contributed by atoms with van der Waals surface area (Å²) in [6, 6.07) is 0. The lowest BCUT2D eigenvalue weighted by Gasteiger charge is -2.21. The van der Waals surface area contributed by atoms with Crippen LogP contribution in [0.15, 0.2) is 12.7 Å². The molecule has 0 aromatic rings. The van der Waals surface area contributed by atoms with E-state index >= 15 is 0 Å². The first-order chi connectivity index (χ1) is 10.2. The van der Waals surface area contributed by atoms with Crippen LogP contribution in [0, 0.1) is 0 Å². The van der Waals surface area contributed by atoms with Gasteiger partial charge in [-0.3, -0.25) is 9.59 Å². The molecule has 0 heterocycles. The lowest BCUT2D eigenvalue weighted by Crippen LogP contribution is -2.30. The van der Waals surface area contributed by atoms with Crippen LogP contribution in [0.1, 0.15) is 26.7 Å². The highest BCUT2D eigenvalue weighted by Crippen LogP contribution is 2.13. The first kappa shape index (κ1) is 20.4. The van der Waals surface area contributed by atoms with Gasteiger partial charge in [-0.05, 0) is 13.8 Å². The van der Waals surface area contributed by atoms with Gasteiger partial charge < -0.3 is 19.3 Å². The van der Waals surface area contributed by atoms with Crippen molar-refractivity contribution in [3.8, 4) is 0 Å². The average Bonchev–Trinajstić information content (AvgIpc) is 2.47. The van der Waals surface area contributed by atoms with Crippen molar-refractivity contribution in [2.45, 2.75) is 38.4 Å². The smallest absolute Gasteiger partial charge is 0.330 e. The van der Waals surface area contributed by atoms with Crippen LogP contribution in [0.2, 0.25) is 0 Å². The second-order valence-electron chi connectivity index (χ2n) is 5.04. The Kier molecular flexibility index (Phi) is 9.44. The van der Waals surface area contributed by atoms with Crippen LogP contribution in [0.25, 0.3) is 0 Å². The fourth-order valence-corrected chi connectivity index (χ4v) is 1.19. The maximum atomic E-state index is 11.5. The summed E-state index contributed by atoms with van der Waals surface area (Å²) in [4.78, 5) is 33.6. The van der Waals surface area contributed by atoms with Gasteiger partial charge in [0.1, 0.15) is 24.9 Å². The van der Waals surface area contributed by atoms with Crippen molar-refractivity contribution in [3.05, 3.63) is 12.7 Å². The topological polar surface area (TPSA) is 99.1 Å². The van der Waals surface area contributed by atoms with E-state index in [1.54, 1.807) is 13.8 Å². The van der Waals surface area contributed by atoms with Crippen molar-refractivity contribution in [2.75, 3.05) is 19.1 Å². The zero-order valence-corrected chi connectivity index (χ0v) is 13.4. The molecule has 7 nitrogen and oxygen atoms in total. The zero-order chi connectivity index (χ0) is 17.2. The van der Waals surface area contributed by atoms with Crippen molar-refractivity contribution < 1.29 is 33.7 Å². The second kappa shape index (κ2) is 10.2. The van der Waals surface area contributed by atoms with Crippen LogP contribution >= 0.6 is 11.6 Å². The molecule has 0 radical (unpaired) electrons. The number of alkyl halides is 1. The predicted molar refractivity (Wildman–Crippen MR) is 78.2 cm³/mol. The molecule has 8 heteroatoms. The minimum absolute atomic E-state index is 0.138. The van der Waals surface area contributed by atoms with Gasteiger partial charge in [0.05, 0.1) is 18.7 Å². The Morgan fingerprint density at radius 2 is 1.73 bits per heavy atom. The Hall–Kier alpha value is -1.60. The molecule has 22 heavy (non-hydrogen) atoms. The van der Waals surface area contributed by atoms with Crippen molar-refractivity contribution in [2.24, 2.45) is 0 Å². The summed E-state index contributed by atoms with van der Waals surface area (Å²) in [6.45, 7) is 5.83. The van der Waals surface area contributed by atoms with Gasteiger partial charge in [-0.2, -0.15) is 0 Å². The molecular formula is C14H21ClO7. The van der Waals surface area contributed by atoms with E-state index in [2.05, 4.69) is 11.3 Å². The maximum absolute atomic E-state index is 11.5. The fourth-order valence-electron chi connectivity index (χ4n) is 1.14. The number of hydrogen-bond donors (Lipinski definition) is 1. The summed E-state index contributed by atoms with van der Waals surface area (Å²) < 4.78 is 14.3. The normalized spacial score (nSPS) is 12.2. The zero-order valence-electron chi connectivity index (χ0n) is 12.7. The van der Waals surface area contributed by atoms with Gasteiger partial charge in [0.25, 0.3) is 0 Å². The molecule has 0 aliphatic rings. The molecule has 0 saturated heterocycles. The molecule has 0 saturated carbocycles. The number of halogens is 1. The summed E-state index contributed by atoms with van der Waals surface area (Å²) in [5, 5.41) is 9.41. The first-order valence-electron chi connectivity index (χ1n) is 6.61. The minimum atomic E-state index is -1.14. The number of hydrogen-bond acceptors (Lipinski definition) is 7. The Morgan fingerprint density at radius 1 is 1.18 bits per heavy atom. The third-order valence-electron chi connectivity index (χ3n) is 2.27. The molecule has 0 bridgehead atoms. The van der Waals surface area contributed by atoms with E-state index in [9.17, 15) is 19.5 Å². The van der Waals surface area contributed by atoms with Crippen LogP contribution in [0.4, 0.5) is 0 Å². The standard InChI is InChI=1S/C14H21ClO7/c1-4-11(17)20-7-10(16)8-21-12(18)5-6-13(19)22-14(2,3)9-15/h4,10,16H,1,5-9H2,2-3H3. The van der Waals surface area contributed by atoms with Gasteiger partial charge >= 0.3 is 17.9 Å². The third-order valence-corrected chi connectivity index (χ3v) is 2.91. The minimum Gasteiger partial charge on any atom is -0.463 e. The molecule has 1 unspecified atom stereocenters. The van der Waals surface area contributed by atoms with Gasteiger partial charge in [0.15, 0.2) is 0 Å².